The van der Waals surface area contributed by atoms with Crippen molar-refractivity contribution >= 4 is 11.9 Å². The summed E-state index contributed by atoms with van der Waals surface area (Å²) < 4.78 is 0. The third kappa shape index (κ3) is 5.50. The van der Waals surface area contributed by atoms with E-state index in [0.29, 0.717) is 0 Å². The molecule has 0 aliphatic carbocycles. The average molecular weight is 204 g/mol. The van der Waals surface area contributed by atoms with Crippen molar-refractivity contribution in [1.29, 1.82) is 0 Å². The average Bonchev–Trinajstić information content (AvgIpc) is 2.11. The fourth-order valence-corrected chi connectivity index (χ4v) is 1.04. The van der Waals surface area contributed by atoms with Gasteiger partial charge in [-0.25, -0.2) is 0 Å². The van der Waals surface area contributed by atoms with Gasteiger partial charge in [-0.05, 0) is 12.8 Å². The van der Waals surface area contributed by atoms with Crippen molar-refractivity contribution in [1.82, 2.24) is 0 Å². The van der Waals surface area contributed by atoms with Crippen LogP contribution in [-0.4, -0.2) is 34.2 Å². The van der Waals surface area contributed by atoms with E-state index in [2.05, 4.69) is 0 Å². The van der Waals surface area contributed by atoms with Gasteiger partial charge >= 0.3 is 11.9 Å². The number of rotatable bonds is 7. The number of hydrogen-bond donors (Lipinski definition) is 4. The molecule has 0 saturated carbocycles. The lowest BCUT2D eigenvalue weighted by molar-refractivity contribution is -0.137. The monoisotopic (exact) mass is 204 g/mol. The molecule has 0 atom stereocenters. The number of carboxylic acid groups (broad SMARTS) is 2. The second-order valence-corrected chi connectivity index (χ2v) is 3.35. The van der Waals surface area contributed by atoms with E-state index in [-0.39, 0.29) is 32.2 Å². The van der Waals surface area contributed by atoms with Crippen LogP contribution in [0.1, 0.15) is 25.7 Å². The molecule has 0 rings (SSSR count). The molecule has 0 aliphatic heterocycles. The summed E-state index contributed by atoms with van der Waals surface area (Å²) in [5.74, 6) is -1.91. The standard InChI is InChI=1S/C8H16N2O4/c9-5-8(10,3-1-6(11)12)4-2-7(13)14/h1-5,9-10H2,(H,11,12)(H,13,14). The van der Waals surface area contributed by atoms with E-state index in [4.69, 9.17) is 21.7 Å². The van der Waals surface area contributed by atoms with Crippen molar-refractivity contribution in [2.75, 3.05) is 6.54 Å². The molecule has 14 heavy (non-hydrogen) atoms. The van der Waals surface area contributed by atoms with Gasteiger partial charge in [-0.3, -0.25) is 9.59 Å². The Hall–Kier alpha value is -1.14. The van der Waals surface area contributed by atoms with Gasteiger partial charge in [0.25, 0.3) is 0 Å². The smallest absolute Gasteiger partial charge is 0.303 e. The molecule has 0 aromatic heterocycles. The molecule has 0 aromatic carbocycles. The fraction of sp³-hybridized carbons (Fsp3) is 0.750. The molecular weight excluding hydrogens is 188 g/mol. The Morgan fingerprint density at radius 1 is 1.07 bits per heavy atom. The van der Waals surface area contributed by atoms with Crippen LogP contribution in [-0.2, 0) is 9.59 Å². The Morgan fingerprint density at radius 2 is 1.43 bits per heavy atom. The number of nitrogens with two attached hydrogens (primary N) is 2. The molecule has 6 nitrogen and oxygen atoms in total. The topological polar surface area (TPSA) is 127 Å². The first-order chi connectivity index (χ1) is 6.39. The van der Waals surface area contributed by atoms with Gasteiger partial charge in [0.15, 0.2) is 0 Å². The molecule has 0 saturated heterocycles. The van der Waals surface area contributed by atoms with E-state index in [0.717, 1.165) is 0 Å². The summed E-state index contributed by atoms with van der Waals surface area (Å²) in [6.07, 6.45) is 0.221. The van der Waals surface area contributed by atoms with Crippen LogP contribution < -0.4 is 11.5 Å². The van der Waals surface area contributed by atoms with E-state index < -0.39 is 17.5 Å². The summed E-state index contributed by atoms with van der Waals surface area (Å²) in [4.78, 5) is 20.6. The Labute approximate surface area is 81.9 Å². The molecule has 82 valence electrons. The summed E-state index contributed by atoms with van der Waals surface area (Å²) in [6.45, 7) is 0.0908. The minimum atomic E-state index is -0.955. The first kappa shape index (κ1) is 12.9. The molecule has 0 bridgehead atoms. The van der Waals surface area contributed by atoms with Crippen LogP contribution in [0, 0.1) is 0 Å². The number of carbonyl (C=O) groups is 2. The van der Waals surface area contributed by atoms with Gasteiger partial charge in [-0.1, -0.05) is 0 Å². The maximum atomic E-state index is 10.3. The molecular formula is C8H16N2O4. The number of hydrogen-bond acceptors (Lipinski definition) is 4. The third-order valence-corrected chi connectivity index (χ3v) is 2.08. The molecule has 0 aromatic rings. The van der Waals surface area contributed by atoms with Crippen LogP contribution in [0.2, 0.25) is 0 Å². The molecule has 6 heteroatoms. The predicted octanol–water partition coefficient (Wildman–Crippen LogP) is -0.628. The summed E-state index contributed by atoms with van der Waals surface area (Å²) in [5, 5.41) is 16.9. The lowest BCUT2D eigenvalue weighted by Gasteiger charge is -2.26. The van der Waals surface area contributed by atoms with Gasteiger partial charge in [0, 0.05) is 24.9 Å². The Morgan fingerprint density at radius 3 is 1.64 bits per heavy atom. The van der Waals surface area contributed by atoms with Crippen molar-refractivity contribution in [3.8, 4) is 0 Å². The van der Waals surface area contributed by atoms with Crippen LogP contribution >= 0.6 is 0 Å². The SMILES string of the molecule is NCC(N)(CCC(=O)O)CCC(=O)O. The van der Waals surface area contributed by atoms with E-state index in [9.17, 15) is 9.59 Å². The van der Waals surface area contributed by atoms with Crippen LogP contribution in [0.25, 0.3) is 0 Å². The summed E-state index contributed by atoms with van der Waals surface area (Å²) >= 11 is 0. The fourth-order valence-electron chi connectivity index (χ4n) is 1.04. The van der Waals surface area contributed by atoms with Crippen LogP contribution in [0.3, 0.4) is 0 Å². The summed E-state index contributed by atoms with van der Waals surface area (Å²) in [7, 11) is 0. The van der Waals surface area contributed by atoms with Crippen molar-refractivity contribution < 1.29 is 19.8 Å². The predicted molar refractivity (Wildman–Crippen MR) is 49.7 cm³/mol. The van der Waals surface area contributed by atoms with E-state index in [1.165, 1.54) is 0 Å². The minimum absolute atomic E-state index is 0.0900. The molecule has 0 aliphatic rings. The first-order valence-electron chi connectivity index (χ1n) is 4.32. The second-order valence-electron chi connectivity index (χ2n) is 3.35. The molecule has 0 amide bonds. The third-order valence-electron chi connectivity index (χ3n) is 2.08. The van der Waals surface area contributed by atoms with E-state index in [1.807, 2.05) is 0 Å². The highest BCUT2D eigenvalue weighted by molar-refractivity contribution is 5.67. The maximum Gasteiger partial charge on any atom is 0.303 e. The molecule has 0 heterocycles. The zero-order valence-corrected chi connectivity index (χ0v) is 7.90. The highest BCUT2D eigenvalue weighted by Crippen LogP contribution is 2.15. The van der Waals surface area contributed by atoms with Crippen molar-refractivity contribution in [2.45, 2.75) is 31.2 Å². The molecule has 0 unspecified atom stereocenters. The van der Waals surface area contributed by atoms with Gasteiger partial charge in [0.05, 0.1) is 0 Å². The van der Waals surface area contributed by atoms with Crippen molar-refractivity contribution in [3.63, 3.8) is 0 Å². The quantitative estimate of drug-likeness (QED) is 0.437. The van der Waals surface area contributed by atoms with Gasteiger partial charge in [-0.2, -0.15) is 0 Å². The van der Waals surface area contributed by atoms with E-state index >= 15 is 0 Å². The zero-order valence-electron chi connectivity index (χ0n) is 7.90. The van der Waals surface area contributed by atoms with Crippen LogP contribution in [0.5, 0.6) is 0 Å². The second kappa shape index (κ2) is 5.56. The van der Waals surface area contributed by atoms with Gasteiger partial charge in [0.2, 0.25) is 0 Å². The van der Waals surface area contributed by atoms with Crippen LogP contribution in [0.4, 0.5) is 0 Å². The van der Waals surface area contributed by atoms with Crippen LogP contribution in [0.15, 0.2) is 0 Å². The van der Waals surface area contributed by atoms with Crippen molar-refractivity contribution in [3.05, 3.63) is 0 Å². The molecule has 0 spiro atoms. The Kier molecular flexibility index (Phi) is 5.11. The summed E-state index contributed by atoms with van der Waals surface area (Å²) in [5.41, 5.74) is 10.2. The number of aliphatic carboxylic acids is 2. The minimum Gasteiger partial charge on any atom is -0.481 e. The highest BCUT2D eigenvalue weighted by atomic mass is 16.4. The molecule has 0 fully saturated rings. The van der Waals surface area contributed by atoms with E-state index in [1.54, 1.807) is 0 Å². The molecule has 0 radical (unpaired) electrons. The number of carboxylic acids is 2. The first-order valence-corrected chi connectivity index (χ1v) is 4.32. The largest absolute Gasteiger partial charge is 0.481 e. The maximum absolute atomic E-state index is 10.3. The van der Waals surface area contributed by atoms with Gasteiger partial charge in [-0.15, -0.1) is 0 Å². The van der Waals surface area contributed by atoms with Crippen molar-refractivity contribution in [2.24, 2.45) is 11.5 Å². The zero-order chi connectivity index (χ0) is 11.2. The lowest BCUT2D eigenvalue weighted by Crippen LogP contribution is -2.47. The van der Waals surface area contributed by atoms with Gasteiger partial charge < -0.3 is 21.7 Å². The highest BCUT2D eigenvalue weighted by Gasteiger charge is 2.24. The lowest BCUT2D eigenvalue weighted by atomic mass is 9.89. The normalized spacial score (nSPS) is 11.3. The Balaban J connectivity index is 4.03. The van der Waals surface area contributed by atoms with Gasteiger partial charge in [0.1, 0.15) is 0 Å². The summed E-state index contributed by atoms with van der Waals surface area (Å²) in [6, 6.07) is 0. The Bertz CT molecular complexity index is 199. The molecule has 6 N–H and O–H groups in total.